The van der Waals surface area contributed by atoms with Crippen LogP contribution >= 0.6 is 11.3 Å². The van der Waals surface area contributed by atoms with Crippen molar-refractivity contribution in [1.29, 1.82) is 0 Å². The SMILES string of the molecule is CCn1cnc(-c2cc3nccc(Oc4ccc(Nc5nccc6ccn(-c7ccc(F)cc7)c(=O)c56)cc4F)c3s2)c1. The maximum Gasteiger partial charge on any atom is 0.266 e. The maximum absolute atomic E-state index is 15.4. The quantitative estimate of drug-likeness (QED) is 0.204. The van der Waals surface area contributed by atoms with E-state index in [2.05, 4.69) is 20.3 Å². The molecule has 0 unspecified atom stereocenters. The predicted molar refractivity (Wildman–Crippen MR) is 164 cm³/mol. The summed E-state index contributed by atoms with van der Waals surface area (Å²) in [5.41, 5.74) is 2.11. The van der Waals surface area contributed by atoms with Gasteiger partial charge in [-0.15, -0.1) is 11.3 Å². The lowest BCUT2D eigenvalue weighted by Gasteiger charge is -2.13. The molecule has 0 saturated heterocycles. The number of imidazole rings is 1. The molecule has 5 aromatic heterocycles. The summed E-state index contributed by atoms with van der Waals surface area (Å²) < 4.78 is 39.0. The fraction of sp³-hybridized carbons (Fsp3) is 0.0625. The van der Waals surface area contributed by atoms with Gasteiger partial charge in [-0.25, -0.2) is 18.7 Å². The van der Waals surface area contributed by atoms with Gasteiger partial charge < -0.3 is 14.6 Å². The Morgan fingerprint density at radius 2 is 1.77 bits per heavy atom. The van der Waals surface area contributed by atoms with E-state index in [1.54, 1.807) is 49.2 Å². The Labute approximate surface area is 247 Å². The molecule has 11 heteroatoms. The average molecular weight is 593 g/mol. The van der Waals surface area contributed by atoms with Gasteiger partial charge in [-0.2, -0.15) is 0 Å². The molecule has 0 aliphatic carbocycles. The van der Waals surface area contributed by atoms with Crippen molar-refractivity contribution >= 4 is 43.8 Å². The zero-order chi connectivity index (χ0) is 29.5. The molecule has 0 amide bonds. The Hall–Kier alpha value is -5.42. The average Bonchev–Trinajstić information content (AvgIpc) is 3.67. The summed E-state index contributed by atoms with van der Waals surface area (Å²) in [5, 5.41) is 4.03. The first kappa shape index (κ1) is 26.5. The summed E-state index contributed by atoms with van der Waals surface area (Å²) >= 11 is 1.48. The molecule has 5 heterocycles. The summed E-state index contributed by atoms with van der Waals surface area (Å²) in [6, 6.07) is 17.2. The van der Waals surface area contributed by atoms with Crippen LogP contribution < -0.4 is 15.6 Å². The number of halogens is 2. The van der Waals surface area contributed by atoms with E-state index in [1.807, 2.05) is 23.8 Å². The number of benzene rings is 2. The van der Waals surface area contributed by atoms with Crippen molar-refractivity contribution in [3.8, 4) is 27.8 Å². The van der Waals surface area contributed by atoms with Crippen LogP contribution in [0.3, 0.4) is 0 Å². The second-order valence-electron chi connectivity index (χ2n) is 9.69. The van der Waals surface area contributed by atoms with Crippen molar-refractivity contribution in [2.45, 2.75) is 13.5 Å². The van der Waals surface area contributed by atoms with Crippen molar-refractivity contribution in [2.75, 3.05) is 5.32 Å². The van der Waals surface area contributed by atoms with Gasteiger partial charge in [-0.3, -0.25) is 14.3 Å². The number of fused-ring (bicyclic) bond motifs is 2. The van der Waals surface area contributed by atoms with E-state index in [1.165, 1.54) is 52.3 Å². The number of rotatable bonds is 7. The fourth-order valence-electron chi connectivity index (χ4n) is 4.78. The lowest BCUT2D eigenvalue weighted by molar-refractivity contribution is 0.447. The number of nitrogens with one attached hydrogen (secondary N) is 1. The number of hydrogen-bond acceptors (Lipinski definition) is 7. The van der Waals surface area contributed by atoms with Crippen molar-refractivity contribution < 1.29 is 13.5 Å². The van der Waals surface area contributed by atoms with Gasteiger partial charge in [0.2, 0.25) is 0 Å². The van der Waals surface area contributed by atoms with Gasteiger partial charge in [0.05, 0.1) is 32.5 Å². The highest BCUT2D eigenvalue weighted by Gasteiger charge is 2.16. The minimum Gasteiger partial charge on any atom is -0.453 e. The summed E-state index contributed by atoms with van der Waals surface area (Å²) in [4.78, 5) is 27.7. The number of pyridine rings is 3. The highest BCUT2D eigenvalue weighted by atomic mass is 32.1. The predicted octanol–water partition coefficient (Wildman–Crippen LogP) is 7.69. The van der Waals surface area contributed by atoms with Gasteiger partial charge >= 0.3 is 0 Å². The molecule has 8 nitrogen and oxygen atoms in total. The number of nitrogens with zero attached hydrogens (tertiary/aromatic N) is 5. The molecular formula is C32H22F2N6O2S. The molecule has 0 atom stereocenters. The van der Waals surface area contributed by atoms with Crippen molar-refractivity contribution in [3.05, 3.63) is 120 Å². The molecule has 7 aromatic rings. The molecule has 0 saturated carbocycles. The summed E-state index contributed by atoms with van der Waals surface area (Å²) in [6.45, 7) is 2.86. The van der Waals surface area contributed by atoms with Crippen LogP contribution in [0.2, 0.25) is 0 Å². The van der Waals surface area contributed by atoms with Crippen LogP contribution in [0.25, 0.3) is 37.2 Å². The second kappa shape index (κ2) is 10.8. The number of aryl methyl sites for hydroxylation is 1. The molecule has 0 radical (unpaired) electrons. The smallest absolute Gasteiger partial charge is 0.266 e. The van der Waals surface area contributed by atoms with Crippen LogP contribution in [-0.4, -0.2) is 24.1 Å². The molecule has 43 heavy (non-hydrogen) atoms. The third kappa shape index (κ3) is 4.99. The number of aromatic nitrogens is 5. The molecule has 7 rings (SSSR count). The van der Waals surface area contributed by atoms with Crippen LogP contribution in [0.15, 0.2) is 103 Å². The van der Waals surface area contributed by atoms with Crippen LogP contribution in [0.1, 0.15) is 6.92 Å². The fourth-order valence-corrected chi connectivity index (χ4v) is 5.81. The van der Waals surface area contributed by atoms with E-state index in [-0.39, 0.29) is 17.1 Å². The third-order valence-corrected chi connectivity index (χ3v) is 8.13. The molecule has 2 aromatic carbocycles. The number of hydrogen-bond donors (Lipinski definition) is 1. The van der Waals surface area contributed by atoms with E-state index >= 15 is 4.39 Å². The third-order valence-electron chi connectivity index (χ3n) is 6.97. The first-order chi connectivity index (χ1) is 21.0. The molecule has 0 fully saturated rings. The molecule has 0 aliphatic rings. The Morgan fingerprint density at radius 3 is 2.56 bits per heavy atom. The highest BCUT2D eigenvalue weighted by molar-refractivity contribution is 7.22. The van der Waals surface area contributed by atoms with Crippen LogP contribution in [-0.2, 0) is 6.54 Å². The maximum atomic E-state index is 15.4. The summed E-state index contributed by atoms with van der Waals surface area (Å²) in [7, 11) is 0. The Bertz CT molecular complexity index is 2190. The summed E-state index contributed by atoms with van der Waals surface area (Å²) in [6.07, 6.45) is 8.57. The van der Waals surface area contributed by atoms with Crippen LogP contribution in [0.5, 0.6) is 11.5 Å². The zero-order valence-corrected chi connectivity index (χ0v) is 23.5. The van der Waals surface area contributed by atoms with E-state index < -0.39 is 11.6 Å². The molecule has 212 valence electrons. The first-order valence-corrected chi connectivity index (χ1v) is 14.2. The zero-order valence-electron chi connectivity index (χ0n) is 22.7. The van der Waals surface area contributed by atoms with Gasteiger partial charge in [0, 0.05) is 54.8 Å². The molecule has 0 bridgehead atoms. The normalized spacial score (nSPS) is 11.3. The van der Waals surface area contributed by atoms with Gasteiger partial charge in [-0.05, 0) is 66.9 Å². The molecule has 0 spiro atoms. The monoisotopic (exact) mass is 592 g/mol. The topological polar surface area (TPSA) is 86.9 Å². The van der Waals surface area contributed by atoms with Crippen molar-refractivity contribution in [1.82, 2.24) is 24.1 Å². The van der Waals surface area contributed by atoms with Gasteiger partial charge in [0.25, 0.3) is 5.56 Å². The van der Waals surface area contributed by atoms with Gasteiger partial charge in [-0.1, -0.05) is 0 Å². The van der Waals surface area contributed by atoms with Crippen LogP contribution in [0.4, 0.5) is 20.3 Å². The minimum atomic E-state index is -0.600. The first-order valence-electron chi connectivity index (χ1n) is 13.4. The minimum absolute atomic E-state index is 0.0350. The molecule has 0 aliphatic heterocycles. The van der Waals surface area contributed by atoms with E-state index in [0.717, 1.165) is 27.3 Å². The van der Waals surface area contributed by atoms with E-state index in [4.69, 9.17) is 4.74 Å². The van der Waals surface area contributed by atoms with Crippen molar-refractivity contribution in [3.63, 3.8) is 0 Å². The standard InChI is InChI=1S/C32H22F2N6O2S/c1-2-39-17-25(37-18-39)28-16-24-30(43-28)27(10-13-35-24)42-26-8-5-21(15-23(26)34)38-31-29-19(9-12-36-31)11-14-40(32(29)41)22-6-3-20(33)4-7-22/h3-18H,2H2,1H3,(H,36,38). The number of anilines is 2. The number of thiophene rings is 1. The second-order valence-corrected chi connectivity index (χ2v) is 10.7. The molecular weight excluding hydrogens is 570 g/mol. The highest BCUT2D eigenvalue weighted by Crippen LogP contribution is 2.39. The Kier molecular flexibility index (Phi) is 6.63. The largest absolute Gasteiger partial charge is 0.453 e. The van der Waals surface area contributed by atoms with Gasteiger partial charge in [0.15, 0.2) is 11.6 Å². The van der Waals surface area contributed by atoms with Crippen LogP contribution in [0, 0.1) is 11.6 Å². The number of ether oxygens (including phenoxy) is 1. The lowest BCUT2D eigenvalue weighted by atomic mass is 10.2. The Morgan fingerprint density at radius 1 is 0.930 bits per heavy atom. The van der Waals surface area contributed by atoms with Gasteiger partial charge in [0.1, 0.15) is 17.4 Å². The van der Waals surface area contributed by atoms with E-state index in [9.17, 15) is 9.18 Å². The van der Waals surface area contributed by atoms with Crippen molar-refractivity contribution in [2.24, 2.45) is 0 Å². The van der Waals surface area contributed by atoms with E-state index in [0.29, 0.717) is 27.9 Å². The molecule has 1 N–H and O–H groups in total. The lowest BCUT2D eigenvalue weighted by Crippen LogP contribution is -2.19. The Balaban J connectivity index is 1.18. The summed E-state index contributed by atoms with van der Waals surface area (Å²) in [5.74, 6) is -0.220.